The third kappa shape index (κ3) is 3.13. The van der Waals surface area contributed by atoms with Gasteiger partial charge in [0.05, 0.1) is 13.2 Å². The van der Waals surface area contributed by atoms with E-state index in [9.17, 15) is 4.79 Å². The zero-order chi connectivity index (χ0) is 15.6. The molecule has 1 atom stereocenters. The van der Waals surface area contributed by atoms with E-state index in [0.717, 1.165) is 17.9 Å². The molecule has 116 valence electrons. The van der Waals surface area contributed by atoms with Crippen LogP contribution in [-0.2, 0) is 4.79 Å². The van der Waals surface area contributed by atoms with Gasteiger partial charge < -0.3 is 9.64 Å². The number of nitrogens with one attached hydrogen (secondary N) is 1. The van der Waals surface area contributed by atoms with Crippen molar-refractivity contribution in [2.45, 2.75) is 45.6 Å². The first-order chi connectivity index (χ1) is 9.89. The summed E-state index contributed by atoms with van der Waals surface area (Å²) in [6.07, 6.45) is 0.980. The van der Waals surface area contributed by atoms with Crippen molar-refractivity contribution in [2.75, 3.05) is 18.1 Å². The van der Waals surface area contributed by atoms with Crippen molar-refractivity contribution >= 4 is 11.6 Å². The lowest BCUT2D eigenvalue weighted by Gasteiger charge is -2.47. The Morgan fingerprint density at radius 1 is 1.52 bits per heavy atom. The fourth-order valence-corrected chi connectivity index (χ4v) is 3.21. The summed E-state index contributed by atoms with van der Waals surface area (Å²) in [4.78, 5) is 13.9. The molecule has 0 unspecified atom stereocenters. The fraction of sp³-hybridized carbons (Fsp3) is 0.562. The topological polar surface area (TPSA) is 67.6 Å². The molecule has 0 aromatic heterocycles. The average molecular weight is 291 g/mol. The summed E-state index contributed by atoms with van der Waals surface area (Å²) in [7, 11) is 0. The molecule has 5 heteroatoms. The summed E-state index contributed by atoms with van der Waals surface area (Å²) in [5, 5.41) is 0. The molecule has 0 radical (unpaired) electrons. The van der Waals surface area contributed by atoms with Gasteiger partial charge in [-0.3, -0.25) is 10.2 Å². The molecular weight excluding hydrogens is 266 g/mol. The Morgan fingerprint density at radius 2 is 2.24 bits per heavy atom. The minimum atomic E-state index is -0.183. The molecule has 0 saturated heterocycles. The summed E-state index contributed by atoms with van der Waals surface area (Å²) < 4.78 is 5.59. The number of anilines is 1. The monoisotopic (exact) mass is 291 g/mol. The smallest absolute Gasteiger partial charge is 0.253 e. The van der Waals surface area contributed by atoms with Crippen LogP contribution in [0.15, 0.2) is 18.2 Å². The van der Waals surface area contributed by atoms with Gasteiger partial charge in [0.15, 0.2) is 0 Å². The van der Waals surface area contributed by atoms with Crippen LogP contribution < -0.4 is 20.9 Å². The van der Waals surface area contributed by atoms with Crippen molar-refractivity contribution in [3.8, 4) is 5.75 Å². The van der Waals surface area contributed by atoms with E-state index in [1.54, 1.807) is 0 Å². The van der Waals surface area contributed by atoms with Crippen LogP contribution in [-0.4, -0.2) is 24.6 Å². The van der Waals surface area contributed by atoms with Crippen LogP contribution in [0.25, 0.3) is 0 Å². The maximum absolute atomic E-state index is 11.7. The minimum absolute atomic E-state index is 0.0912. The third-order valence-electron chi connectivity index (χ3n) is 4.13. The maximum atomic E-state index is 11.7. The predicted octanol–water partition coefficient (Wildman–Crippen LogP) is 2.17. The molecule has 0 aliphatic carbocycles. The van der Waals surface area contributed by atoms with Gasteiger partial charge in [-0.2, -0.15) is 0 Å². The summed E-state index contributed by atoms with van der Waals surface area (Å²) in [6.45, 7) is 9.43. The van der Waals surface area contributed by atoms with E-state index in [1.165, 1.54) is 5.56 Å². The van der Waals surface area contributed by atoms with Crippen molar-refractivity contribution in [3.63, 3.8) is 0 Å². The number of hydrogen-bond acceptors (Lipinski definition) is 4. The van der Waals surface area contributed by atoms with E-state index in [2.05, 4.69) is 37.2 Å². The van der Waals surface area contributed by atoms with E-state index >= 15 is 0 Å². The first-order valence-corrected chi connectivity index (χ1v) is 7.43. The number of nitrogens with zero attached hydrogens (tertiary/aromatic N) is 1. The molecule has 5 nitrogen and oxygen atoms in total. The largest absolute Gasteiger partial charge is 0.494 e. The van der Waals surface area contributed by atoms with E-state index in [4.69, 9.17) is 10.6 Å². The van der Waals surface area contributed by atoms with Crippen LogP contribution >= 0.6 is 0 Å². The Balaban J connectivity index is 2.42. The zero-order valence-electron chi connectivity index (χ0n) is 13.3. The summed E-state index contributed by atoms with van der Waals surface area (Å²) >= 11 is 0. The number of carbonyl (C=O) groups is 1. The molecule has 1 aromatic rings. The number of hydrogen-bond donors (Lipinski definition) is 2. The molecule has 0 fully saturated rings. The third-order valence-corrected chi connectivity index (χ3v) is 4.13. The number of amides is 1. The lowest BCUT2D eigenvalue weighted by atomic mass is 9.80. The Hall–Kier alpha value is -1.75. The van der Waals surface area contributed by atoms with Gasteiger partial charge in [-0.1, -0.05) is 6.92 Å². The Morgan fingerprint density at radius 3 is 2.86 bits per heavy atom. The van der Waals surface area contributed by atoms with Gasteiger partial charge in [0.1, 0.15) is 5.75 Å². The Kier molecular flexibility index (Phi) is 4.42. The van der Waals surface area contributed by atoms with Gasteiger partial charge in [0.25, 0.3) is 5.91 Å². The highest BCUT2D eigenvalue weighted by atomic mass is 16.5. The molecule has 0 spiro atoms. The minimum Gasteiger partial charge on any atom is -0.494 e. The van der Waals surface area contributed by atoms with Crippen molar-refractivity contribution in [2.24, 2.45) is 5.84 Å². The summed E-state index contributed by atoms with van der Waals surface area (Å²) in [5.74, 6) is 6.36. The first-order valence-electron chi connectivity index (χ1n) is 7.43. The van der Waals surface area contributed by atoms with Crippen molar-refractivity contribution in [1.82, 2.24) is 5.43 Å². The Bertz CT molecular complexity index is 528. The molecule has 3 N–H and O–H groups in total. The molecule has 1 aromatic carbocycles. The van der Waals surface area contributed by atoms with Crippen LogP contribution in [0.3, 0.4) is 0 Å². The van der Waals surface area contributed by atoms with Crippen molar-refractivity contribution in [1.29, 1.82) is 0 Å². The quantitative estimate of drug-likeness (QED) is 0.507. The SMILES string of the molecule is CCOc1ccc2c(c1)[C@H](C)CC(C)(C)N2CC(=O)NN. The normalized spacial score (nSPS) is 19.9. The van der Waals surface area contributed by atoms with Crippen LogP contribution in [0.2, 0.25) is 0 Å². The highest BCUT2D eigenvalue weighted by Gasteiger charge is 2.37. The van der Waals surface area contributed by atoms with E-state index in [0.29, 0.717) is 12.5 Å². The number of nitrogens with two attached hydrogens (primary N) is 1. The maximum Gasteiger partial charge on any atom is 0.253 e. The molecule has 1 aliphatic rings. The number of benzene rings is 1. The molecule has 21 heavy (non-hydrogen) atoms. The van der Waals surface area contributed by atoms with Gasteiger partial charge in [-0.25, -0.2) is 5.84 Å². The van der Waals surface area contributed by atoms with Crippen LogP contribution in [0.4, 0.5) is 5.69 Å². The van der Waals surface area contributed by atoms with E-state index < -0.39 is 0 Å². The lowest BCUT2D eigenvalue weighted by molar-refractivity contribution is -0.120. The molecule has 1 amide bonds. The molecule has 0 saturated carbocycles. The van der Waals surface area contributed by atoms with Gasteiger partial charge in [-0.15, -0.1) is 0 Å². The second kappa shape index (κ2) is 5.93. The second-order valence-electron chi connectivity index (χ2n) is 6.22. The number of rotatable bonds is 4. The van der Waals surface area contributed by atoms with Gasteiger partial charge >= 0.3 is 0 Å². The molecular formula is C16H25N3O2. The number of ether oxygens (including phenoxy) is 1. The summed E-state index contributed by atoms with van der Waals surface area (Å²) in [6, 6.07) is 6.09. The van der Waals surface area contributed by atoms with Gasteiger partial charge in [0, 0.05) is 11.2 Å². The molecule has 0 bridgehead atoms. The van der Waals surface area contributed by atoms with Crippen LogP contribution in [0.5, 0.6) is 5.75 Å². The molecule has 1 heterocycles. The molecule has 2 rings (SSSR count). The fourth-order valence-electron chi connectivity index (χ4n) is 3.21. The van der Waals surface area contributed by atoms with Gasteiger partial charge in [-0.05, 0) is 56.9 Å². The van der Waals surface area contributed by atoms with Crippen LogP contribution in [0, 0.1) is 0 Å². The van der Waals surface area contributed by atoms with Crippen molar-refractivity contribution in [3.05, 3.63) is 23.8 Å². The number of hydrazine groups is 1. The van der Waals surface area contributed by atoms with E-state index in [1.807, 2.05) is 19.1 Å². The van der Waals surface area contributed by atoms with E-state index in [-0.39, 0.29) is 18.0 Å². The second-order valence-corrected chi connectivity index (χ2v) is 6.22. The predicted molar refractivity (Wildman–Crippen MR) is 84.4 cm³/mol. The lowest BCUT2D eigenvalue weighted by Crippen LogP contribution is -2.53. The Labute approximate surface area is 126 Å². The molecule has 1 aliphatic heterocycles. The van der Waals surface area contributed by atoms with Crippen molar-refractivity contribution < 1.29 is 9.53 Å². The highest BCUT2D eigenvalue weighted by molar-refractivity contribution is 5.82. The van der Waals surface area contributed by atoms with Crippen LogP contribution in [0.1, 0.15) is 45.6 Å². The zero-order valence-corrected chi connectivity index (χ0v) is 13.3. The highest BCUT2D eigenvalue weighted by Crippen LogP contribution is 2.44. The standard InChI is InChI=1S/C16H25N3O2/c1-5-21-12-6-7-14-13(8-12)11(2)9-16(3,4)19(14)10-15(20)18-17/h6-8,11H,5,9-10,17H2,1-4H3,(H,18,20)/t11-/m1/s1. The number of fused-ring (bicyclic) bond motifs is 1. The first kappa shape index (κ1) is 15.6. The number of carbonyl (C=O) groups excluding carboxylic acids is 1. The summed E-state index contributed by atoms with van der Waals surface area (Å²) in [5.41, 5.74) is 4.44. The average Bonchev–Trinajstić information content (AvgIpc) is 2.43. The van der Waals surface area contributed by atoms with Gasteiger partial charge in [0.2, 0.25) is 0 Å².